The van der Waals surface area contributed by atoms with E-state index >= 15 is 0 Å². The number of benzene rings is 2. The van der Waals surface area contributed by atoms with Gasteiger partial charge in [-0.05, 0) is 30.7 Å². The number of carbonyl (C=O) groups is 1. The van der Waals surface area contributed by atoms with Crippen molar-refractivity contribution >= 4 is 5.97 Å². The van der Waals surface area contributed by atoms with Crippen LogP contribution in [0.4, 0.5) is 8.78 Å². The Balaban J connectivity index is 2.01. The molecule has 0 spiro atoms. The van der Waals surface area contributed by atoms with Crippen LogP contribution in [0.3, 0.4) is 0 Å². The number of nitriles is 1. The molecule has 142 valence electrons. The van der Waals surface area contributed by atoms with E-state index in [4.69, 9.17) is 15.2 Å². The first-order chi connectivity index (χ1) is 13.4. The maximum absolute atomic E-state index is 14.5. The number of ether oxygens (including phenoxy) is 2. The maximum atomic E-state index is 14.5. The van der Waals surface area contributed by atoms with Crippen LogP contribution >= 0.6 is 0 Å². The Labute approximate surface area is 160 Å². The molecule has 1 aliphatic rings. The van der Waals surface area contributed by atoms with Crippen molar-refractivity contribution in [2.24, 2.45) is 5.73 Å². The second-order valence-electron chi connectivity index (χ2n) is 6.12. The second kappa shape index (κ2) is 7.92. The van der Waals surface area contributed by atoms with Gasteiger partial charge in [-0.3, -0.25) is 0 Å². The Bertz CT molecular complexity index is 1020. The minimum Gasteiger partial charge on any atom is -0.457 e. The lowest BCUT2D eigenvalue weighted by Crippen LogP contribution is -2.27. The standard InChI is InChI=1S/C21H16F2N2O3/c1-12-16(10-24)18(15-9-14(22)7-8-17(15)23)19(20(25)28-12)21(26)27-11-13-5-3-2-4-6-13/h2-9,18H,11,25H2,1H3/t18-/m0/s1. The van der Waals surface area contributed by atoms with Gasteiger partial charge in [-0.15, -0.1) is 0 Å². The van der Waals surface area contributed by atoms with Gasteiger partial charge >= 0.3 is 5.97 Å². The molecule has 2 N–H and O–H groups in total. The van der Waals surface area contributed by atoms with E-state index in [1.807, 2.05) is 12.1 Å². The SMILES string of the molecule is CC1=C(C#N)[C@H](c2cc(F)ccc2F)C(C(=O)OCc2ccccc2)=C(N)O1. The Morgan fingerprint density at radius 3 is 2.64 bits per heavy atom. The van der Waals surface area contributed by atoms with Crippen molar-refractivity contribution in [2.45, 2.75) is 19.4 Å². The number of esters is 1. The average Bonchev–Trinajstić information content (AvgIpc) is 2.68. The number of hydrogen-bond acceptors (Lipinski definition) is 5. The third-order valence-electron chi connectivity index (χ3n) is 4.31. The third kappa shape index (κ3) is 3.71. The van der Waals surface area contributed by atoms with Gasteiger partial charge in [0.1, 0.15) is 29.6 Å². The van der Waals surface area contributed by atoms with Crippen molar-refractivity contribution in [1.82, 2.24) is 0 Å². The molecule has 28 heavy (non-hydrogen) atoms. The molecule has 0 saturated heterocycles. The largest absolute Gasteiger partial charge is 0.457 e. The van der Waals surface area contributed by atoms with Crippen LogP contribution < -0.4 is 5.73 Å². The summed E-state index contributed by atoms with van der Waals surface area (Å²) in [5, 5.41) is 9.53. The Morgan fingerprint density at radius 1 is 1.25 bits per heavy atom. The van der Waals surface area contributed by atoms with Crippen molar-refractivity contribution in [3.05, 3.63) is 94.1 Å². The molecule has 3 rings (SSSR count). The number of halogens is 2. The van der Waals surface area contributed by atoms with Gasteiger partial charge in [0.25, 0.3) is 0 Å². The summed E-state index contributed by atoms with van der Waals surface area (Å²) in [6, 6.07) is 13.6. The molecule has 0 fully saturated rings. The van der Waals surface area contributed by atoms with E-state index < -0.39 is 23.5 Å². The first-order valence-electron chi connectivity index (χ1n) is 8.36. The first-order valence-corrected chi connectivity index (χ1v) is 8.36. The van der Waals surface area contributed by atoms with Crippen LogP contribution in [0.15, 0.2) is 71.3 Å². The molecule has 7 heteroatoms. The normalized spacial score (nSPS) is 16.4. The fourth-order valence-electron chi connectivity index (χ4n) is 2.97. The molecule has 0 aliphatic carbocycles. The topological polar surface area (TPSA) is 85.3 Å². The molecule has 1 heterocycles. The number of rotatable bonds is 4. The van der Waals surface area contributed by atoms with Gasteiger partial charge in [-0.2, -0.15) is 5.26 Å². The van der Waals surface area contributed by atoms with Gasteiger partial charge in [0, 0.05) is 5.56 Å². The van der Waals surface area contributed by atoms with Crippen molar-refractivity contribution in [3.63, 3.8) is 0 Å². The first kappa shape index (κ1) is 19.1. The minimum absolute atomic E-state index is 0.0506. The van der Waals surface area contributed by atoms with Crippen LogP contribution in [-0.4, -0.2) is 5.97 Å². The molecular weight excluding hydrogens is 366 g/mol. The highest BCUT2D eigenvalue weighted by molar-refractivity contribution is 5.92. The highest BCUT2D eigenvalue weighted by Crippen LogP contribution is 2.40. The number of carbonyl (C=O) groups excluding carboxylic acids is 1. The third-order valence-corrected chi connectivity index (χ3v) is 4.31. The molecule has 0 saturated carbocycles. The molecule has 0 amide bonds. The fourth-order valence-corrected chi connectivity index (χ4v) is 2.97. The Kier molecular flexibility index (Phi) is 5.41. The Morgan fingerprint density at radius 2 is 1.96 bits per heavy atom. The maximum Gasteiger partial charge on any atom is 0.340 e. The summed E-state index contributed by atoms with van der Waals surface area (Å²) in [6.07, 6.45) is 0. The van der Waals surface area contributed by atoms with Crippen LogP contribution in [0, 0.1) is 23.0 Å². The van der Waals surface area contributed by atoms with Crippen LogP contribution in [0.5, 0.6) is 0 Å². The predicted octanol–water partition coefficient (Wildman–Crippen LogP) is 3.79. The number of nitrogens with zero attached hydrogens (tertiary/aromatic N) is 1. The lowest BCUT2D eigenvalue weighted by Gasteiger charge is -2.27. The fraction of sp³-hybridized carbons (Fsp3) is 0.143. The molecule has 1 atom stereocenters. The summed E-state index contributed by atoms with van der Waals surface area (Å²) in [6.45, 7) is 1.40. The second-order valence-corrected chi connectivity index (χ2v) is 6.12. The summed E-state index contributed by atoms with van der Waals surface area (Å²) >= 11 is 0. The van der Waals surface area contributed by atoms with E-state index in [2.05, 4.69) is 0 Å². The molecule has 2 aromatic rings. The number of nitrogens with two attached hydrogens (primary N) is 1. The van der Waals surface area contributed by atoms with Gasteiger partial charge in [0.05, 0.1) is 17.6 Å². The zero-order valence-corrected chi connectivity index (χ0v) is 14.9. The van der Waals surface area contributed by atoms with E-state index in [-0.39, 0.29) is 35.0 Å². The summed E-state index contributed by atoms with van der Waals surface area (Å²) in [4.78, 5) is 12.7. The van der Waals surface area contributed by atoms with Gasteiger partial charge < -0.3 is 15.2 Å². The predicted molar refractivity (Wildman–Crippen MR) is 95.9 cm³/mol. The van der Waals surface area contributed by atoms with Crippen molar-refractivity contribution in [3.8, 4) is 6.07 Å². The van der Waals surface area contributed by atoms with Gasteiger partial charge in [0.2, 0.25) is 5.88 Å². The smallest absolute Gasteiger partial charge is 0.340 e. The van der Waals surface area contributed by atoms with Gasteiger partial charge in [-0.25, -0.2) is 13.6 Å². The summed E-state index contributed by atoms with van der Waals surface area (Å²) in [5.74, 6) is -3.83. The minimum atomic E-state index is -1.24. The molecular formula is C21H16F2N2O3. The van der Waals surface area contributed by atoms with E-state index in [1.165, 1.54) is 6.92 Å². The Hall–Kier alpha value is -3.66. The lowest BCUT2D eigenvalue weighted by molar-refractivity contribution is -0.140. The van der Waals surface area contributed by atoms with Crippen molar-refractivity contribution in [2.75, 3.05) is 0 Å². The average molecular weight is 382 g/mol. The highest BCUT2D eigenvalue weighted by atomic mass is 19.1. The van der Waals surface area contributed by atoms with Gasteiger partial charge in [0.15, 0.2) is 0 Å². The molecule has 0 unspecified atom stereocenters. The number of hydrogen-bond donors (Lipinski definition) is 1. The van der Waals surface area contributed by atoms with E-state index in [9.17, 15) is 18.8 Å². The quantitative estimate of drug-likeness (QED) is 0.813. The molecule has 5 nitrogen and oxygen atoms in total. The van der Waals surface area contributed by atoms with E-state index in [0.717, 1.165) is 23.8 Å². The summed E-state index contributed by atoms with van der Waals surface area (Å²) < 4.78 is 38.8. The zero-order valence-electron chi connectivity index (χ0n) is 14.9. The molecule has 0 aromatic heterocycles. The van der Waals surface area contributed by atoms with E-state index in [1.54, 1.807) is 24.3 Å². The zero-order chi connectivity index (χ0) is 20.3. The van der Waals surface area contributed by atoms with E-state index in [0.29, 0.717) is 0 Å². The molecule has 0 radical (unpaired) electrons. The molecule has 0 bridgehead atoms. The van der Waals surface area contributed by atoms with Crippen molar-refractivity contribution < 1.29 is 23.0 Å². The van der Waals surface area contributed by atoms with Crippen LogP contribution in [0.2, 0.25) is 0 Å². The highest BCUT2D eigenvalue weighted by Gasteiger charge is 2.38. The summed E-state index contributed by atoms with van der Waals surface area (Å²) in [7, 11) is 0. The van der Waals surface area contributed by atoms with Crippen LogP contribution in [0.25, 0.3) is 0 Å². The van der Waals surface area contributed by atoms with Gasteiger partial charge in [-0.1, -0.05) is 30.3 Å². The lowest BCUT2D eigenvalue weighted by atomic mass is 9.83. The monoisotopic (exact) mass is 382 g/mol. The number of allylic oxidation sites excluding steroid dienone is 2. The van der Waals surface area contributed by atoms with Crippen LogP contribution in [-0.2, 0) is 20.9 Å². The molecule has 1 aliphatic heterocycles. The van der Waals surface area contributed by atoms with Crippen molar-refractivity contribution in [1.29, 1.82) is 5.26 Å². The molecule has 2 aromatic carbocycles. The summed E-state index contributed by atoms with van der Waals surface area (Å²) in [5.41, 5.74) is 6.10. The van der Waals surface area contributed by atoms with Crippen LogP contribution in [0.1, 0.15) is 24.0 Å².